The van der Waals surface area contributed by atoms with Crippen molar-refractivity contribution in [3.63, 3.8) is 0 Å². The number of aromatic nitrogens is 1. The van der Waals surface area contributed by atoms with Gasteiger partial charge in [-0.1, -0.05) is 40.5 Å². The number of carbonyl (C=O) groups is 1. The van der Waals surface area contributed by atoms with Gasteiger partial charge in [0.05, 0.1) is 26.8 Å². The lowest BCUT2D eigenvalue weighted by Crippen LogP contribution is -2.16. The molecule has 3 rings (SSSR count). The van der Waals surface area contributed by atoms with Crippen LogP contribution >= 0.6 is 46.3 Å². The van der Waals surface area contributed by atoms with Gasteiger partial charge in [-0.25, -0.2) is 0 Å². The normalized spacial score (nSPS) is 11.7. The summed E-state index contributed by atoms with van der Waals surface area (Å²) < 4.78 is 2.50. The van der Waals surface area contributed by atoms with Crippen molar-refractivity contribution in [2.75, 3.05) is 6.26 Å². The Hall–Kier alpha value is -1.71. The summed E-state index contributed by atoms with van der Waals surface area (Å²) in [4.78, 5) is 18.3. The highest BCUT2D eigenvalue weighted by Crippen LogP contribution is 2.31. The first kappa shape index (κ1) is 18.1. The number of benzene rings is 2. The molecule has 3 nitrogen and oxygen atoms in total. The number of amides is 1. The van der Waals surface area contributed by atoms with Crippen molar-refractivity contribution in [3.05, 3.63) is 56.8 Å². The molecule has 0 bridgehead atoms. The first-order chi connectivity index (χ1) is 12.0. The van der Waals surface area contributed by atoms with Gasteiger partial charge in [0.1, 0.15) is 0 Å². The number of hydrogen-bond donors (Lipinski definition) is 0. The highest BCUT2D eigenvalue weighted by atomic mass is 35.5. The molecule has 0 aliphatic carbocycles. The molecular formula is C18H12Cl2N2OS2. The van der Waals surface area contributed by atoms with Crippen LogP contribution < -0.4 is 4.80 Å². The number of thioether (sulfide) groups is 1. The fourth-order valence-corrected chi connectivity index (χ4v) is 4.37. The molecule has 0 aliphatic rings. The Kier molecular flexibility index (Phi) is 5.55. The summed E-state index contributed by atoms with van der Waals surface area (Å²) in [5, 5.41) is 1.07. The number of thiazole rings is 1. The standard InChI is InChI=1S/C18H12Cl2N2OS2/c1-3-10-22-15-13(19)8-9-14(20)16(15)25-18(22)21-17(23)11-4-6-12(24-2)7-5-11/h1,4-9H,10H2,2H3. The van der Waals surface area contributed by atoms with E-state index in [0.717, 1.165) is 9.60 Å². The van der Waals surface area contributed by atoms with E-state index in [1.54, 1.807) is 40.6 Å². The van der Waals surface area contributed by atoms with Gasteiger partial charge in [0, 0.05) is 10.5 Å². The smallest absolute Gasteiger partial charge is 0.279 e. The predicted molar refractivity (Wildman–Crippen MR) is 107 cm³/mol. The molecule has 3 aromatic rings. The summed E-state index contributed by atoms with van der Waals surface area (Å²) in [7, 11) is 0. The number of carbonyl (C=O) groups excluding carboxylic acids is 1. The molecular weight excluding hydrogens is 395 g/mol. The van der Waals surface area contributed by atoms with E-state index in [9.17, 15) is 4.79 Å². The molecule has 0 atom stereocenters. The number of halogens is 2. The summed E-state index contributed by atoms with van der Waals surface area (Å²) >= 11 is 15.5. The summed E-state index contributed by atoms with van der Waals surface area (Å²) in [6.45, 7) is 0.248. The fraction of sp³-hybridized carbons (Fsp3) is 0.111. The lowest BCUT2D eigenvalue weighted by Gasteiger charge is -2.02. The topological polar surface area (TPSA) is 34.4 Å². The van der Waals surface area contributed by atoms with Crippen LogP contribution in [0.2, 0.25) is 10.0 Å². The zero-order chi connectivity index (χ0) is 18.0. The molecule has 0 saturated carbocycles. The van der Waals surface area contributed by atoms with Crippen LogP contribution in [0.5, 0.6) is 0 Å². The van der Waals surface area contributed by atoms with E-state index < -0.39 is 0 Å². The van der Waals surface area contributed by atoms with Gasteiger partial charge in [-0.2, -0.15) is 4.99 Å². The quantitative estimate of drug-likeness (QED) is 0.447. The predicted octanol–water partition coefficient (Wildman–Crippen LogP) is 5.11. The molecule has 2 aromatic carbocycles. The van der Waals surface area contributed by atoms with Gasteiger partial charge in [0.15, 0.2) is 4.80 Å². The van der Waals surface area contributed by atoms with E-state index >= 15 is 0 Å². The zero-order valence-electron chi connectivity index (χ0n) is 13.1. The Bertz CT molecular complexity index is 1060. The van der Waals surface area contributed by atoms with Crippen LogP contribution in [0.25, 0.3) is 10.2 Å². The zero-order valence-corrected chi connectivity index (χ0v) is 16.3. The minimum absolute atomic E-state index is 0.248. The lowest BCUT2D eigenvalue weighted by molar-refractivity contribution is 0.0998. The Morgan fingerprint density at radius 1 is 1.24 bits per heavy atom. The summed E-state index contributed by atoms with van der Waals surface area (Å²) in [6.07, 6.45) is 7.45. The van der Waals surface area contributed by atoms with Crippen molar-refractivity contribution in [3.8, 4) is 12.3 Å². The monoisotopic (exact) mass is 406 g/mol. The maximum absolute atomic E-state index is 12.5. The molecule has 0 aliphatic heterocycles. The third kappa shape index (κ3) is 3.63. The van der Waals surface area contributed by atoms with Gasteiger partial charge in [0.2, 0.25) is 0 Å². The van der Waals surface area contributed by atoms with Crippen LogP contribution in [0.3, 0.4) is 0 Å². The second-order valence-electron chi connectivity index (χ2n) is 5.03. The van der Waals surface area contributed by atoms with Gasteiger partial charge >= 0.3 is 0 Å². The third-order valence-electron chi connectivity index (χ3n) is 3.51. The van der Waals surface area contributed by atoms with Crippen molar-refractivity contribution >= 4 is 62.4 Å². The molecule has 0 spiro atoms. The van der Waals surface area contributed by atoms with Gasteiger partial charge in [-0.3, -0.25) is 4.79 Å². The molecule has 1 aromatic heterocycles. The molecule has 25 heavy (non-hydrogen) atoms. The van der Waals surface area contributed by atoms with Gasteiger partial charge < -0.3 is 4.57 Å². The molecule has 0 N–H and O–H groups in total. The van der Waals surface area contributed by atoms with Crippen molar-refractivity contribution in [2.45, 2.75) is 11.4 Å². The van der Waals surface area contributed by atoms with Crippen molar-refractivity contribution in [2.24, 2.45) is 4.99 Å². The number of terminal acetylenes is 1. The number of rotatable bonds is 3. The van der Waals surface area contributed by atoms with E-state index in [1.165, 1.54) is 11.3 Å². The second kappa shape index (κ2) is 7.67. The van der Waals surface area contributed by atoms with Crippen LogP contribution in [-0.2, 0) is 6.54 Å². The first-order valence-electron chi connectivity index (χ1n) is 7.19. The largest absolute Gasteiger partial charge is 0.303 e. The highest BCUT2D eigenvalue weighted by Gasteiger charge is 2.14. The van der Waals surface area contributed by atoms with E-state index in [4.69, 9.17) is 29.6 Å². The third-order valence-corrected chi connectivity index (χ3v) is 6.10. The molecule has 0 saturated heterocycles. The first-order valence-corrected chi connectivity index (χ1v) is 9.98. The van der Waals surface area contributed by atoms with E-state index in [1.807, 2.05) is 18.4 Å². The van der Waals surface area contributed by atoms with Crippen molar-refractivity contribution < 1.29 is 4.79 Å². The number of fused-ring (bicyclic) bond motifs is 1. The van der Waals surface area contributed by atoms with Crippen molar-refractivity contribution in [1.82, 2.24) is 4.57 Å². The Labute approximate surface area is 163 Å². The van der Waals surface area contributed by atoms with E-state index in [2.05, 4.69) is 10.9 Å². The molecule has 1 heterocycles. The van der Waals surface area contributed by atoms with Crippen molar-refractivity contribution in [1.29, 1.82) is 0 Å². The second-order valence-corrected chi connectivity index (χ2v) is 7.70. The Morgan fingerprint density at radius 3 is 2.56 bits per heavy atom. The van der Waals surface area contributed by atoms with Gasteiger partial charge in [-0.05, 0) is 42.7 Å². The molecule has 0 fully saturated rings. The molecule has 1 amide bonds. The summed E-state index contributed by atoms with van der Waals surface area (Å²) in [5.74, 6) is 2.24. The number of hydrogen-bond acceptors (Lipinski definition) is 3. The van der Waals surface area contributed by atoms with Crippen LogP contribution in [0.1, 0.15) is 10.4 Å². The van der Waals surface area contributed by atoms with Crippen LogP contribution in [0.4, 0.5) is 0 Å². The average Bonchev–Trinajstić information content (AvgIpc) is 2.98. The maximum Gasteiger partial charge on any atom is 0.279 e. The highest BCUT2D eigenvalue weighted by molar-refractivity contribution is 7.98. The van der Waals surface area contributed by atoms with Crippen LogP contribution in [-0.4, -0.2) is 16.7 Å². The Balaban J connectivity index is 2.16. The number of nitrogens with zero attached hydrogens (tertiary/aromatic N) is 2. The summed E-state index contributed by atoms with van der Waals surface area (Å²) in [5.41, 5.74) is 1.21. The summed E-state index contributed by atoms with van der Waals surface area (Å²) in [6, 6.07) is 10.7. The van der Waals surface area contributed by atoms with E-state index in [0.29, 0.717) is 25.9 Å². The SMILES string of the molecule is C#CCn1c(=NC(=O)c2ccc(SC)cc2)sc2c(Cl)ccc(Cl)c21. The molecule has 126 valence electrons. The minimum Gasteiger partial charge on any atom is -0.303 e. The van der Waals surface area contributed by atoms with Crippen LogP contribution in [0, 0.1) is 12.3 Å². The van der Waals surface area contributed by atoms with Crippen LogP contribution in [0.15, 0.2) is 46.3 Å². The Morgan fingerprint density at radius 2 is 1.92 bits per heavy atom. The van der Waals surface area contributed by atoms with E-state index in [-0.39, 0.29) is 12.5 Å². The fourth-order valence-electron chi connectivity index (χ4n) is 2.32. The lowest BCUT2D eigenvalue weighted by atomic mass is 10.2. The average molecular weight is 407 g/mol. The molecule has 7 heteroatoms. The minimum atomic E-state index is -0.336. The van der Waals surface area contributed by atoms with Gasteiger partial charge in [-0.15, -0.1) is 18.2 Å². The molecule has 0 radical (unpaired) electrons. The maximum atomic E-state index is 12.5. The molecule has 0 unspecified atom stereocenters. The van der Waals surface area contributed by atoms with Gasteiger partial charge in [0.25, 0.3) is 5.91 Å².